The first-order valence-electron chi connectivity index (χ1n) is 5.15. The number of pyridine rings is 1. The molecule has 0 aliphatic carbocycles. The third-order valence-electron chi connectivity index (χ3n) is 2.59. The van der Waals surface area contributed by atoms with Crippen molar-refractivity contribution in [2.45, 2.75) is 0 Å². The lowest BCUT2D eigenvalue weighted by atomic mass is 10.0. The smallest absolute Gasteiger partial charge is 0.133 e. The first-order chi connectivity index (χ1) is 8.34. The van der Waals surface area contributed by atoms with Crippen molar-refractivity contribution in [3.63, 3.8) is 0 Å². The molecule has 1 aromatic carbocycles. The molecule has 3 nitrogen and oxygen atoms in total. The third kappa shape index (κ3) is 1.85. The standard InChI is InChI=1S/C13H8ClN3/c14-13-6-12(16-8-17-13)10-3-1-2-9-4-5-15-7-11(9)10/h1-8H. The summed E-state index contributed by atoms with van der Waals surface area (Å²) in [6, 6.07) is 9.77. The molecule has 0 unspecified atom stereocenters. The normalized spacial score (nSPS) is 10.6. The summed E-state index contributed by atoms with van der Waals surface area (Å²) in [6.45, 7) is 0. The number of hydrogen-bond acceptors (Lipinski definition) is 3. The van der Waals surface area contributed by atoms with Crippen LogP contribution in [0.3, 0.4) is 0 Å². The van der Waals surface area contributed by atoms with Gasteiger partial charge in [0, 0.05) is 29.4 Å². The fourth-order valence-corrected chi connectivity index (χ4v) is 1.96. The van der Waals surface area contributed by atoms with Gasteiger partial charge < -0.3 is 0 Å². The molecule has 4 heteroatoms. The maximum Gasteiger partial charge on any atom is 0.133 e. The van der Waals surface area contributed by atoms with Crippen molar-refractivity contribution in [1.82, 2.24) is 15.0 Å². The van der Waals surface area contributed by atoms with E-state index in [0.29, 0.717) is 5.15 Å². The lowest BCUT2D eigenvalue weighted by molar-refractivity contribution is 1.17. The average molecular weight is 242 g/mol. The van der Waals surface area contributed by atoms with E-state index in [1.165, 1.54) is 6.33 Å². The van der Waals surface area contributed by atoms with Gasteiger partial charge in [-0.3, -0.25) is 4.98 Å². The molecule has 0 fully saturated rings. The highest BCUT2D eigenvalue weighted by molar-refractivity contribution is 6.29. The molecule has 82 valence electrons. The zero-order valence-electron chi connectivity index (χ0n) is 8.84. The second kappa shape index (κ2) is 4.11. The van der Waals surface area contributed by atoms with Crippen LogP contribution >= 0.6 is 11.6 Å². The molecular weight excluding hydrogens is 234 g/mol. The second-order valence-electron chi connectivity index (χ2n) is 3.63. The van der Waals surface area contributed by atoms with Crippen LogP contribution in [0.15, 0.2) is 49.1 Å². The zero-order valence-corrected chi connectivity index (χ0v) is 9.59. The monoisotopic (exact) mass is 241 g/mol. The lowest BCUT2D eigenvalue weighted by Crippen LogP contribution is -1.87. The van der Waals surface area contributed by atoms with E-state index in [-0.39, 0.29) is 0 Å². The van der Waals surface area contributed by atoms with Crippen LogP contribution in [0.1, 0.15) is 0 Å². The van der Waals surface area contributed by atoms with Crippen molar-refractivity contribution in [3.05, 3.63) is 54.2 Å². The van der Waals surface area contributed by atoms with Crippen molar-refractivity contribution in [3.8, 4) is 11.3 Å². The Hall–Kier alpha value is -2.00. The number of benzene rings is 1. The molecule has 0 spiro atoms. The molecular formula is C13H8ClN3. The Balaban J connectivity index is 2.30. The van der Waals surface area contributed by atoms with E-state index in [9.17, 15) is 0 Å². The quantitative estimate of drug-likeness (QED) is 0.614. The van der Waals surface area contributed by atoms with Gasteiger partial charge in [0.05, 0.1) is 5.69 Å². The van der Waals surface area contributed by atoms with E-state index < -0.39 is 0 Å². The Bertz CT molecular complexity index is 677. The van der Waals surface area contributed by atoms with Gasteiger partial charge >= 0.3 is 0 Å². The fraction of sp³-hybridized carbons (Fsp3) is 0. The Morgan fingerprint density at radius 2 is 2.00 bits per heavy atom. The van der Waals surface area contributed by atoms with Gasteiger partial charge in [0.2, 0.25) is 0 Å². The molecule has 0 atom stereocenters. The van der Waals surface area contributed by atoms with E-state index in [0.717, 1.165) is 22.0 Å². The molecule has 0 bridgehead atoms. The molecule has 2 aromatic heterocycles. The van der Waals surface area contributed by atoms with Crippen LogP contribution in [0.2, 0.25) is 5.15 Å². The Morgan fingerprint density at radius 3 is 2.88 bits per heavy atom. The molecule has 0 aliphatic heterocycles. The molecule has 0 saturated carbocycles. The SMILES string of the molecule is Clc1cc(-c2cccc3ccncc23)ncn1. The second-order valence-corrected chi connectivity index (χ2v) is 4.02. The fourth-order valence-electron chi connectivity index (χ4n) is 1.82. The molecule has 17 heavy (non-hydrogen) atoms. The highest BCUT2D eigenvalue weighted by atomic mass is 35.5. The van der Waals surface area contributed by atoms with Gasteiger partial charge in [0.15, 0.2) is 0 Å². The Morgan fingerprint density at radius 1 is 1.06 bits per heavy atom. The van der Waals surface area contributed by atoms with E-state index in [1.54, 1.807) is 12.3 Å². The van der Waals surface area contributed by atoms with Crippen LogP contribution in [0.25, 0.3) is 22.0 Å². The summed E-state index contributed by atoms with van der Waals surface area (Å²) in [5.41, 5.74) is 1.82. The number of hydrogen-bond donors (Lipinski definition) is 0. The predicted molar refractivity (Wildman–Crippen MR) is 67.8 cm³/mol. The Kier molecular flexibility index (Phi) is 2.46. The molecule has 2 heterocycles. The van der Waals surface area contributed by atoms with Gasteiger partial charge in [0.25, 0.3) is 0 Å². The van der Waals surface area contributed by atoms with Crippen molar-refractivity contribution in [2.75, 3.05) is 0 Å². The topological polar surface area (TPSA) is 38.7 Å². The maximum atomic E-state index is 5.88. The van der Waals surface area contributed by atoms with Crippen LogP contribution < -0.4 is 0 Å². The molecule has 0 aliphatic rings. The van der Waals surface area contributed by atoms with Gasteiger partial charge in [-0.25, -0.2) is 9.97 Å². The van der Waals surface area contributed by atoms with Crippen LogP contribution in [0.4, 0.5) is 0 Å². The van der Waals surface area contributed by atoms with E-state index >= 15 is 0 Å². The number of aromatic nitrogens is 3. The zero-order chi connectivity index (χ0) is 11.7. The van der Waals surface area contributed by atoms with Crippen molar-refractivity contribution < 1.29 is 0 Å². The minimum Gasteiger partial charge on any atom is -0.264 e. The van der Waals surface area contributed by atoms with Crippen molar-refractivity contribution >= 4 is 22.4 Å². The summed E-state index contributed by atoms with van der Waals surface area (Å²) >= 11 is 5.88. The largest absolute Gasteiger partial charge is 0.264 e. The van der Waals surface area contributed by atoms with Crippen molar-refractivity contribution in [2.24, 2.45) is 0 Å². The average Bonchev–Trinajstić information content (AvgIpc) is 2.38. The summed E-state index contributed by atoms with van der Waals surface area (Å²) in [7, 11) is 0. The number of nitrogens with zero attached hydrogens (tertiary/aromatic N) is 3. The van der Waals surface area contributed by atoms with Crippen molar-refractivity contribution in [1.29, 1.82) is 0 Å². The minimum absolute atomic E-state index is 0.441. The third-order valence-corrected chi connectivity index (χ3v) is 2.80. The highest BCUT2D eigenvalue weighted by Crippen LogP contribution is 2.27. The van der Waals surface area contributed by atoms with Gasteiger partial charge in [0.1, 0.15) is 11.5 Å². The summed E-state index contributed by atoms with van der Waals surface area (Å²) < 4.78 is 0. The van der Waals surface area contributed by atoms with Crippen LogP contribution in [0.5, 0.6) is 0 Å². The predicted octanol–water partition coefficient (Wildman–Crippen LogP) is 3.35. The van der Waals surface area contributed by atoms with Crippen LogP contribution in [-0.4, -0.2) is 15.0 Å². The van der Waals surface area contributed by atoms with E-state index in [2.05, 4.69) is 15.0 Å². The maximum absolute atomic E-state index is 5.88. The molecule has 0 saturated heterocycles. The molecule has 3 rings (SSSR count). The molecule has 0 radical (unpaired) electrons. The number of fused-ring (bicyclic) bond motifs is 1. The van der Waals surface area contributed by atoms with E-state index in [4.69, 9.17) is 11.6 Å². The van der Waals surface area contributed by atoms with Crippen LogP contribution in [0, 0.1) is 0 Å². The van der Waals surface area contributed by atoms with Crippen LogP contribution in [-0.2, 0) is 0 Å². The minimum atomic E-state index is 0.441. The summed E-state index contributed by atoms with van der Waals surface area (Å²) in [6.07, 6.45) is 5.08. The summed E-state index contributed by atoms with van der Waals surface area (Å²) in [5.74, 6) is 0. The summed E-state index contributed by atoms with van der Waals surface area (Å²) in [4.78, 5) is 12.3. The molecule has 0 N–H and O–H groups in total. The highest BCUT2D eigenvalue weighted by Gasteiger charge is 2.05. The first kappa shape index (κ1) is 10.2. The number of halogens is 1. The first-order valence-corrected chi connectivity index (χ1v) is 5.53. The van der Waals surface area contributed by atoms with Gasteiger partial charge in [-0.05, 0) is 11.5 Å². The Labute approximate surface area is 103 Å². The van der Waals surface area contributed by atoms with Gasteiger partial charge in [-0.1, -0.05) is 29.8 Å². The van der Waals surface area contributed by atoms with E-state index in [1.807, 2.05) is 30.5 Å². The lowest BCUT2D eigenvalue weighted by Gasteiger charge is -2.05. The summed E-state index contributed by atoms with van der Waals surface area (Å²) in [5, 5.41) is 2.63. The molecule has 0 amide bonds. The number of rotatable bonds is 1. The van der Waals surface area contributed by atoms with Gasteiger partial charge in [-0.15, -0.1) is 0 Å². The molecule has 3 aromatic rings. The van der Waals surface area contributed by atoms with Gasteiger partial charge in [-0.2, -0.15) is 0 Å².